The number of hydrogen-bond acceptors (Lipinski definition) is 4. The van der Waals surface area contributed by atoms with Gasteiger partial charge in [-0.3, -0.25) is 4.79 Å². The minimum atomic E-state index is 0.0393. The number of aromatic nitrogens is 2. The van der Waals surface area contributed by atoms with Gasteiger partial charge in [-0.1, -0.05) is 43.4 Å². The number of aromatic amines is 1. The maximum absolute atomic E-state index is 12.6. The summed E-state index contributed by atoms with van der Waals surface area (Å²) >= 11 is 1.58. The van der Waals surface area contributed by atoms with Crippen molar-refractivity contribution < 1.29 is 4.79 Å². The van der Waals surface area contributed by atoms with Crippen LogP contribution in [0.25, 0.3) is 10.9 Å². The highest BCUT2D eigenvalue weighted by atomic mass is 32.1. The Hall–Kier alpha value is -2.34. The number of nitrogens with zero attached hydrogens (tertiary/aromatic N) is 2. The van der Waals surface area contributed by atoms with Crippen LogP contribution in [-0.4, -0.2) is 35.0 Å². The van der Waals surface area contributed by atoms with Gasteiger partial charge in [0, 0.05) is 36.2 Å². The summed E-state index contributed by atoms with van der Waals surface area (Å²) in [6, 6.07) is 8.94. The molecule has 4 heterocycles. The van der Waals surface area contributed by atoms with Gasteiger partial charge in [0.15, 0.2) is 5.13 Å². The van der Waals surface area contributed by atoms with Crippen LogP contribution < -0.4 is 10.2 Å². The summed E-state index contributed by atoms with van der Waals surface area (Å²) in [4.78, 5) is 24.3. The molecule has 0 bridgehead atoms. The molecule has 0 aliphatic carbocycles. The first-order valence-corrected chi connectivity index (χ1v) is 11.4. The van der Waals surface area contributed by atoms with Gasteiger partial charge in [0.05, 0.1) is 5.69 Å². The van der Waals surface area contributed by atoms with E-state index in [1.54, 1.807) is 11.3 Å². The molecule has 0 spiro atoms. The summed E-state index contributed by atoms with van der Waals surface area (Å²) in [5, 5.41) is 5.42. The smallest absolute Gasteiger partial charge is 0.263 e. The fourth-order valence-corrected chi connectivity index (χ4v) is 5.79. The molecule has 1 fully saturated rings. The number of amides is 1. The molecule has 1 saturated heterocycles. The first kappa shape index (κ1) is 18.7. The Morgan fingerprint density at radius 3 is 3.03 bits per heavy atom. The highest BCUT2D eigenvalue weighted by Gasteiger charge is 2.33. The summed E-state index contributed by atoms with van der Waals surface area (Å²) < 4.78 is 0. The van der Waals surface area contributed by atoms with E-state index < -0.39 is 0 Å². The van der Waals surface area contributed by atoms with Crippen LogP contribution in [0.5, 0.6) is 0 Å². The van der Waals surface area contributed by atoms with Crippen LogP contribution in [-0.2, 0) is 12.8 Å². The third kappa shape index (κ3) is 3.54. The number of hydrogen-bond donors (Lipinski definition) is 2. The number of benzene rings is 1. The minimum Gasteiger partial charge on any atom is -0.361 e. The third-order valence-corrected chi connectivity index (χ3v) is 7.40. The number of H-pyrrole nitrogens is 1. The first-order chi connectivity index (χ1) is 14.0. The molecule has 6 heteroatoms. The Morgan fingerprint density at radius 1 is 1.28 bits per heavy atom. The molecule has 0 radical (unpaired) electrons. The number of thiazole rings is 1. The minimum absolute atomic E-state index is 0.0393. The van der Waals surface area contributed by atoms with E-state index in [4.69, 9.17) is 4.98 Å². The quantitative estimate of drug-likeness (QED) is 0.669. The van der Waals surface area contributed by atoms with Gasteiger partial charge in [0.25, 0.3) is 5.91 Å². The second-order valence-corrected chi connectivity index (χ2v) is 10.2. The Balaban J connectivity index is 1.45. The van der Waals surface area contributed by atoms with Crippen LogP contribution in [0.3, 0.4) is 0 Å². The van der Waals surface area contributed by atoms with Gasteiger partial charge in [0.1, 0.15) is 4.88 Å². The number of para-hydroxylation sites is 1. The monoisotopic (exact) mass is 408 g/mol. The van der Waals surface area contributed by atoms with Gasteiger partial charge < -0.3 is 15.2 Å². The molecule has 3 aromatic rings. The molecule has 2 aliphatic rings. The fraction of sp³-hybridized carbons (Fsp3) is 0.478. The van der Waals surface area contributed by atoms with Crippen molar-refractivity contribution >= 4 is 33.3 Å². The second-order valence-electron chi connectivity index (χ2n) is 9.20. The number of fused-ring (bicyclic) bond motifs is 2. The fourth-order valence-electron chi connectivity index (χ4n) is 4.69. The molecule has 1 aromatic carbocycles. The van der Waals surface area contributed by atoms with E-state index in [0.717, 1.165) is 35.1 Å². The van der Waals surface area contributed by atoms with Crippen molar-refractivity contribution in [3.63, 3.8) is 0 Å². The van der Waals surface area contributed by atoms with E-state index in [1.165, 1.54) is 35.7 Å². The number of rotatable bonds is 3. The molecule has 0 saturated carbocycles. The van der Waals surface area contributed by atoms with E-state index in [1.807, 2.05) is 0 Å². The molecule has 29 heavy (non-hydrogen) atoms. The number of nitrogens with one attached hydrogen (secondary N) is 2. The largest absolute Gasteiger partial charge is 0.361 e. The zero-order valence-corrected chi connectivity index (χ0v) is 17.9. The summed E-state index contributed by atoms with van der Waals surface area (Å²) in [5.41, 5.74) is 3.58. The number of carbonyl (C=O) groups is 1. The van der Waals surface area contributed by atoms with Gasteiger partial charge in [-0.2, -0.15) is 0 Å². The average Bonchev–Trinajstić information content (AvgIpc) is 3.28. The number of carbonyl (C=O) groups excluding carboxylic acids is 1. The maximum Gasteiger partial charge on any atom is 0.263 e. The van der Waals surface area contributed by atoms with E-state index in [-0.39, 0.29) is 11.3 Å². The maximum atomic E-state index is 12.6. The van der Waals surface area contributed by atoms with Gasteiger partial charge in [-0.05, 0) is 49.1 Å². The standard InChI is InChI=1S/C23H28N4OS/c1-23(2)12-19-20(21(28)25-14-23)29-22(26-19)27-10-6-5-7-16(27)11-15-13-24-18-9-4-3-8-17(15)18/h3-4,8-9,13,16,24H,5-7,10-12,14H2,1-2H3,(H,25,28)/t16-/m1/s1. The van der Waals surface area contributed by atoms with Gasteiger partial charge in [-0.15, -0.1) is 0 Å². The lowest BCUT2D eigenvalue weighted by Gasteiger charge is -2.35. The molecular weight excluding hydrogens is 380 g/mol. The van der Waals surface area contributed by atoms with Gasteiger partial charge in [0.2, 0.25) is 0 Å². The molecule has 2 aromatic heterocycles. The first-order valence-electron chi connectivity index (χ1n) is 10.6. The molecule has 152 valence electrons. The van der Waals surface area contributed by atoms with E-state index >= 15 is 0 Å². The predicted octanol–water partition coefficient (Wildman–Crippen LogP) is 4.54. The van der Waals surface area contributed by atoms with Crippen molar-refractivity contribution in [3.05, 3.63) is 46.6 Å². The molecule has 5 nitrogen and oxygen atoms in total. The van der Waals surface area contributed by atoms with E-state index in [9.17, 15) is 4.79 Å². The molecule has 2 N–H and O–H groups in total. The van der Waals surface area contributed by atoms with Crippen LogP contribution in [0.15, 0.2) is 30.5 Å². The average molecular weight is 409 g/mol. The Kier molecular flexibility index (Phi) is 4.62. The summed E-state index contributed by atoms with van der Waals surface area (Å²) in [7, 11) is 0. The molecule has 2 aliphatic heterocycles. The lowest BCUT2D eigenvalue weighted by molar-refractivity contribution is 0.0948. The van der Waals surface area contributed by atoms with Crippen LogP contribution in [0.1, 0.15) is 54.0 Å². The van der Waals surface area contributed by atoms with Crippen molar-refractivity contribution in [2.75, 3.05) is 18.0 Å². The summed E-state index contributed by atoms with van der Waals surface area (Å²) in [6.45, 7) is 6.12. The van der Waals surface area contributed by atoms with Crippen molar-refractivity contribution in [3.8, 4) is 0 Å². The Labute approximate surface area is 175 Å². The van der Waals surface area contributed by atoms with Crippen LogP contribution >= 0.6 is 11.3 Å². The van der Waals surface area contributed by atoms with Crippen LogP contribution in [0.2, 0.25) is 0 Å². The lowest BCUT2D eigenvalue weighted by atomic mass is 9.88. The van der Waals surface area contributed by atoms with Crippen molar-refractivity contribution in [1.82, 2.24) is 15.3 Å². The zero-order chi connectivity index (χ0) is 20.0. The Morgan fingerprint density at radius 2 is 2.14 bits per heavy atom. The highest BCUT2D eigenvalue weighted by molar-refractivity contribution is 7.17. The lowest BCUT2D eigenvalue weighted by Crippen LogP contribution is -2.41. The predicted molar refractivity (Wildman–Crippen MR) is 119 cm³/mol. The molecule has 0 unspecified atom stereocenters. The van der Waals surface area contributed by atoms with Crippen molar-refractivity contribution in [2.24, 2.45) is 5.41 Å². The SMILES string of the molecule is CC1(C)CNC(=O)c2sc(N3CCCC[C@@H]3Cc3c[nH]c4ccccc34)nc2C1. The van der Waals surface area contributed by atoms with E-state index in [0.29, 0.717) is 12.6 Å². The summed E-state index contributed by atoms with van der Waals surface area (Å²) in [5.74, 6) is 0.0412. The van der Waals surface area contributed by atoms with Crippen LogP contribution in [0.4, 0.5) is 5.13 Å². The van der Waals surface area contributed by atoms with Crippen molar-refractivity contribution in [2.45, 2.75) is 52.0 Å². The van der Waals surface area contributed by atoms with E-state index in [2.05, 4.69) is 59.5 Å². The highest BCUT2D eigenvalue weighted by Crippen LogP contribution is 2.36. The van der Waals surface area contributed by atoms with Gasteiger partial charge >= 0.3 is 0 Å². The second kappa shape index (κ2) is 7.17. The molecule has 1 amide bonds. The Bertz CT molecular complexity index is 1050. The summed E-state index contributed by atoms with van der Waals surface area (Å²) in [6.07, 6.45) is 7.62. The number of piperidine rings is 1. The van der Waals surface area contributed by atoms with Gasteiger partial charge in [-0.25, -0.2) is 4.98 Å². The van der Waals surface area contributed by atoms with Crippen molar-refractivity contribution in [1.29, 1.82) is 0 Å². The zero-order valence-electron chi connectivity index (χ0n) is 17.1. The molecular formula is C23H28N4OS. The normalized spacial score (nSPS) is 21.7. The number of anilines is 1. The third-order valence-electron chi connectivity index (χ3n) is 6.27. The topological polar surface area (TPSA) is 61.0 Å². The van der Waals surface area contributed by atoms with Crippen LogP contribution in [0, 0.1) is 5.41 Å². The molecule has 5 rings (SSSR count). The molecule has 1 atom stereocenters.